The summed E-state index contributed by atoms with van der Waals surface area (Å²) in [4.78, 5) is 25.4. The van der Waals surface area contributed by atoms with E-state index in [-0.39, 0.29) is 23.0 Å². The van der Waals surface area contributed by atoms with Crippen molar-refractivity contribution in [1.29, 1.82) is 0 Å². The van der Waals surface area contributed by atoms with Crippen LogP contribution in [0.15, 0.2) is 71.7 Å². The van der Waals surface area contributed by atoms with Gasteiger partial charge < -0.3 is 14.8 Å². The van der Waals surface area contributed by atoms with Gasteiger partial charge in [-0.3, -0.25) is 9.36 Å². The molecule has 0 bridgehead atoms. The Labute approximate surface area is 221 Å². The lowest BCUT2D eigenvalue weighted by Gasteiger charge is -2.09. The van der Waals surface area contributed by atoms with E-state index in [0.717, 1.165) is 11.3 Å². The van der Waals surface area contributed by atoms with Gasteiger partial charge in [-0.15, -0.1) is 28.1 Å². The van der Waals surface area contributed by atoms with Gasteiger partial charge in [-0.1, -0.05) is 30.0 Å². The number of nitrogens with zero attached hydrogens (tertiary/aromatic N) is 3. The van der Waals surface area contributed by atoms with Gasteiger partial charge in [0, 0.05) is 23.1 Å². The second-order valence-electron chi connectivity index (χ2n) is 7.62. The molecule has 2 heterocycles. The Morgan fingerprint density at radius 1 is 1.11 bits per heavy atom. The second kappa shape index (κ2) is 11.8. The first-order chi connectivity index (χ1) is 17.9. The van der Waals surface area contributed by atoms with E-state index in [9.17, 15) is 14.0 Å². The molecule has 0 spiro atoms. The lowest BCUT2D eigenvalue weighted by Crippen LogP contribution is -2.16. The Morgan fingerprint density at radius 3 is 2.46 bits per heavy atom. The smallest absolute Gasteiger partial charge is 0.341 e. The van der Waals surface area contributed by atoms with E-state index in [1.165, 1.54) is 42.3 Å². The summed E-state index contributed by atoms with van der Waals surface area (Å²) in [7, 11) is 2.87. The number of amides is 1. The molecule has 0 radical (unpaired) electrons. The number of allylic oxidation sites excluding steroid dienone is 1. The fourth-order valence-corrected chi connectivity index (χ4v) is 5.25. The van der Waals surface area contributed by atoms with Gasteiger partial charge in [-0.2, -0.15) is 0 Å². The molecule has 0 fully saturated rings. The quantitative estimate of drug-likeness (QED) is 0.161. The summed E-state index contributed by atoms with van der Waals surface area (Å²) < 4.78 is 25.4. The molecule has 4 rings (SSSR count). The van der Waals surface area contributed by atoms with Crippen molar-refractivity contribution in [3.05, 3.63) is 77.9 Å². The van der Waals surface area contributed by atoms with Crippen LogP contribution in [0.4, 0.5) is 9.39 Å². The van der Waals surface area contributed by atoms with Gasteiger partial charge >= 0.3 is 5.97 Å². The number of methoxy groups -OCH3 is 2. The van der Waals surface area contributed by atoms with Gasteiger partial charge in [0.05, 0.1) is 20.0 Å². The first kappa shape index (κ1) is 26.1. The minimum atomic E-state index is -0.599. The Hall–Kier alpha value is -3.96. The van der Waals surface area contributed by atoms with Gasteiger partial charge in [-0.25, -0.2) is 9.18 Å². The molecule has 2 aromatic carbocycles. The Bertz CT molecular complexity index is 1420. The van der Waals surface area contributed by atoms with Gasteiger partial charge in [0.25, 0.3) is 0 Å². The van der Waals surface area contributed by atoms with E-state index in [2.05, 4.69) is 22.1 Å². The highest BCUT2D eigenvalue weighted by Gasteiger charge is 2.23. The molecule has 0 saturated carbocycles. The lowest BCUT2D eigenvalue weighted by atomic mass is 10.0. The molecule has 0 unspecified atom stereocenters. The van der Waals surface area contributed by atoms with Gasteiger partial charge in [0.2, 0.25) is 5.91 Å². The van der Waals surface area contributed by atoms with E-state index in [1.54, 1.807) is 30.7 Å². The van der Waals surface area contributed by atoms with E-state index >= 15 is 0 Å². The number of halogens is 1. The highest BCUT2D eigenvalue weighted by molar-refractivity contribution is 7.99. The molecule has 0 aliphatic carbocycles. The first-order valence-corrected chi connectivity index (χ1v) is 12.9. The number of carbonyl (C=O) groups excluding carboxylic acids is 2. The SMILES string of the molecule is C=CCn1c(SCC(=O)Nc2scc(-c3ccc(F)cc3)c2C(=O)OC)nnc1-c1ccc(OC)cc1. The number of carbonyl (C=O) groups is 2. The van der Waals surface area contributed by atoms with E-state index in [1.807, 2.05) is 28.8 Å². The van der Waals surface area contributed by atoms with Crippen molar-refractivity contribution in [1.82, 2.24) is 14.8 Å². The molecule has 1 amide bonds. The van der Waals surface area contributed by atoms with Crippen LogP contribution < -0.4 is 10.1 Å². The Balaban J connectivity index is 1.51. The molecule has 0 saturated heterocycles. The fourth-order valence-electron chi connectivity index (χ4n) is 3.53. The number of esters is 1. The van der Waals surface area contributed by atoms with Gasteiger partial charge in [0.15, 0.2) is 11.0 Å². The average molecular weight is 539 g/mol. The molecule has 2 aromatic heterocycles. The largest absolute Gasteiger partial charge is 0.497 e. The Morgan fingerprint density at radius 2 is 1.81 bits per heavy atom. The van der Waals surface area contributed by atoms with Crippen molar-refractivity contribution >= 4 is 40.0 Å². The third kappa shape index (κ3) is 5.89. The topological polar surface area (TPSA) is 95.3 Å². The minimum Gasteiger partial charge on any atom is -0.497 e. The maximum atomic E-state index is 13.4. The number of thiophene rings is 1. The van der Waals surface area contributed by atoms with Gasteiger partial charge in [-0.05, 0) is 42.0 Å². The van der Waals surface area contributed by atoms with Crippen LogP contribution in [-0.4, -0.2) is 46.6 Å². The third-order valence-corrected chi connectivity index (χ3v) is 7.16. The average Bonchev–Trinajstić information content (AvgIpc) is 3.52. The summed E-state index contributed by atoms with van der Waals surface area (Å²) in [5.41, 5.74) is 2.25. The van der Waals surface area contributed by atoms with Crippen molar-refractivity contribution in [2.24, 2.45) is 0 Å². The van der Waals surface area contributed by atoms with Crippen molar-refractivity contribution in [3.8, 4) is 28.3 Å². The number of hydrogen-bond donors (Lipinski definition) is 1. The van der Waals surface area contributed by atoms with Crippen LogP contribution in [-0.2, 0) is 16.1 Å². The molecular formula is C26H23FN4O4S2. The van der Waals surface area contributed by atoms with E-state index < -0.39 is 5.97 Å². The summed E-state index contributed by atoms with van der Waals surface area (Å²) in [5, 5.41) is 14.0. The molecule has 0 aliphatic rings. The van der Waals surface area contributed by atoms with Crippen molar-refractivity contribution in [3.63, 3.8) is 0 Å². The number of ether oxygens (including phenoxy) is 2. The number of hydrogen-bond acceptors (Lipinski definition) is 8. The number of aromatic nitrogens is 3. The zero-order valence-electron chi connectivity index (χ0n) is 20.1. The van der Waals surface area contributed by atoms with Crippen LogP contribution in [0, 0.1) is 5.82 Å². The number of rotatable bonds is 10. The molecule has 4 aromatic rings. The second-order valence-corrected chi connectivity index (χ2v) is 9.44. The van der Waals surface area contributed by atoms with E-state index in [4.69, 9.17) is 9.47 Å². The molecule has 8 nitrogen and oxygen atoms in total. The summed E-state index contributed by atoms with van der Waals surface area (Å²) in [5.74, 6) is 0.0826. The molecule has 1 N–H and O–H groups in total. The normalized spacial score (nSPS) is 10.7. The Kier molecular flexibility index (Phi) is 8.36. The summed E-state index contributed by atoms with van der Waals surface area (Å²) in [6, 6.07) is 13.2. The van der Waals surface area contributed by atoms with Crippen molar-refractivity contribution in [2.75, 3.05) is 25.3 Å². The standard InChI is InChI=1S/C26H23FN4O4S2/c1-4-13-31-23(17-7-11-19(34-2)12-8-17)29-30-26(31)37-15-21(32)28-24-22(25(33)35-3)20(14-36-24)16-5-9-18(27)10-6-16/h4-12,14H,1,13,15H2,2-3H3,(H,28,32). The number of anilines is 1. The summed E-state index contributed by atoms with van der Waals surface area (Å²) >= 11 is 2.41. The van der Waals surface area contributed by atoms with Gasteiger partial charge in [0.1, 0.15) is 22.1 Å². The zero-order chi connectivity index (χ0) is 26.4. The molecule has 0 aliphatic heterocycles. The monoisotopic (exact) mass is 538 g/mol. The van der Waals surface area contributed by atoms with Crippen molar-refractivity contribution < 1.29 is 23.5 Å². The highest BCUT2D eigenvalue weighted by Crippen LogP contribution is 2.36. The zero-order valence-corrected chi connectivity index (χ0v) is 21.7. The lowest BCUT2D eigenvalue weighted by molar-refractivity contribution is -0.113. The maximum absolute atomic E-state index is 13.4. The van der Waals surface area contributed by atoms with Crippen molar-refractivity contribution in [2.45, 2.75) is 11.7 Å². The molecule has 190 valence electrons. The fraction of sp³-hybridized carbons (Fsp3) is 0.154. The van der Waals surface area contributed by atoms with Crippen LogP contribution in [0.25, 0.3) is 22.5 Å². The first-order valence-electron chi connectivity index (χ1n) is 11.0. The molecule has 37 heavy (non-hydrogen) atoms. The third-order valence-electron chi connectivity index (χ3n) is 5.30. The molecule has 11 heteroatoms. The maximum Gasteiger partial charge on any atom is 0.341 e. The summed E-state index contributed by atoms with van der Waals surface area (Å²) in [6.07, 6.45) is 1.73. The van der Waals surface area contributed by atoms with Crippen LogP contribution in [0.5, 0.6) is 5.75 Å². The van der Waals surface area contributed by atoms with E-state index in [0.29, 0.717) is 33.7 Å². The van der Waals surface area contributed by atoms with Crippen LogP contribution in [0.2, 0.25) is 0 Å². The predicted octanol–water partition coefficient (Wildman–Crippen LogP) is 5.52. The molecular weight excluding hydrogens is 515 g/mol. The number of benzene rings is 2. The molecule has 0 atom stereocenters. The van der Waals surface area contributed by atoms with Crippen LogP contribution >= 0.6 is 23.1 Å². The summed E-state index contributed by atoms with van der Waals surface area (Å²) in [6.45, 7) is 4.26. The van der Waals surface area contributed by atoms with Crippen LogP contribution in [0.3, 0.4) is 0 Å². The predicted molar refractivity (Wildman–Crippen MR) is 143 cm³/mol. The number of nitrogens with one attached hydrogen (secondary N) is 1. The van der Waals surface area contributed by atoms with Crippen LogP contribution in [0.1, 0.15) is 10.4 Å². The highest BCUT2D eigenvalue weighted by atomic mass is 32.2. The number of thioether (sulfide) groups is 1. The minimum absolute atomic E-state index is 0.0300.